The Bertz CT molecular complexity index is 833. The minimum Gasteiger partial charge on any atom is -0.363 e. The predicted octanol–water partition coefficient (Wildman–Crippen LogP) is 1.84. The number of aromatic nitrogens is 2. The van der Waals surface area contributed by atoms with Gasteiger partial charge in [-0.3, -0.25) is 0 Å². The van der Waals surface area contributed by atoms with Crippen LogP contribution in [-0.2, 0) is 22.9 Å². The molecule has 1 fully saturated rings. The third-order valence-corrected chi connectivity index (χ3v) is 6.56. The first kappa shape index (κ1) is 15.5. The van der Waals surface area contributed by atoms with Crippen molar-refractivity contribution in [3.8, 4) is 0 Å². The molecule has 24 heavy (non-hydrogen) atoms. The molecule has 2 heterocycles. The summed E-state index contributed by atoms with van der Waals surface area (Å²) >= 11 is 0. The Morgan fingerprint density at radius 3 is 2.62 bits per heavy atom. The topological polar surface area (TPSA) is 75.2 Å². The van der Waals surface area contributed by atoms with Crippen molar-refractivity contribution < 1.29 is 8.42 Å². The van der Waals surface area contributed by atoms with Crippen molar-refractivity contribution in [2.45, 2.75) is 36.6 Å². The first-order valence-corrected chi connectivity index (χ1v) is 9.73. The number of nitrogens with one attached hydrogen (secondary N) is 1. The summed E-state index contributed by atoms with van der Waals surface area (Å²) in [6.45, 7) is 0.909. The van der Waals surface area contributed by atoms with Gasteiger partial charge in [0.15, 0.2) is 0 Å². The van der Waals surface area contributed by atoms with Gasteiger partial charge < -0.3 is 5.32 Å². The maximum absolute atomic E-state index is 12.8. The van der Waals surface area contributed by atoms with Crippen molar-refractivity contribution in [3.63, 3.8) is 0 Å². The molecule has 2 aromatic rings. The summed E-state index contributed by atoms with van der Waals surface area (Å²) in [5.74, 6) is 0.674. The monoisotopic (exact) mass is 344 g/mol. The minimum absolute atomic E-state index is 0.0779. The van der Waals surface area contributed by atoms with Crippen molar-refractivity contribution in [1.29, 1.82) is 0 Å². The number of hydrogen-bond acceptors (Lipinski definition) is 5. The lowest BCUT2D eigenvalue weighted by molar-refractivity contribution is 0.280. The van der Waals surface area contributed by atoms with Crippen LogP contribution in [0.15, 0.2) is 41.4 Å². The molecule has 1 aliphatic heterocycles. The van der Waals surface area contributed by atoms with Crippen LogP contribution in [0, 0.1) is 0 Å². The predicted molar refractivity (Wildman–Crippen MR) is 91.3 cm³/mol. The summed E-state index contributed by atoms with van der Waals surface area (Å²) in [5, 5.41) is 11.0. The van der Waals surface area contributed by atoms with Gasteiger partial charge in [-0.1, -0.05) is 6.07 Å². The largest absolute Gasteiger partial charge is 0.363 e. The summed E-state index contributed by atoms with van der Waals surface area (Å²) < 4.78 is 27.1. The Morgan fingerprint density at radius 2 is 1.88 bits per heavy atom. The van der Waals surface area contributed by atoms with Crippen molar-refractivity contribution >= 4 is 15.8 Å². The zero-order valence-electron chi connectivity index (χ0n) is 13.4. The van der Waals surface area contributed by atoms with Crippen LogP contribution in [0.4, 0.5) is 5.82 Å². The highest BCUT2D eigenvalue weighted by molar-refractivity contribution is 7.89. The lowest BCUT2D eigenvalue weighted by Gasteiger charge is -2.38. The number of anilines is 1. The van der Waals surface area contributed by atoms with Gasteiger partial charge in [0.05, 0.1) is 10.9 Å². The smallest absolute Gasteiger partial charge is 0.243 e. The third-order valence-electron chi connectivity index (χ3n) is 4.73. The summed E-state index contributed by atoms with van der Waals surface area (Å²) in [6.07, 6.45) is 5.99. The number of fused-ring (bicyclic) bond motifs is 1. The van der Waals surface area contributed by atoms with E-state index in [-0.39, 0.29) is 6.04 Å². The van der Waals surface area contributed by atoms with Crippen LogP contribution >= 0.6 is 0 Å². The maximum atomic E-state index is 12.8. The van der Waals surface area contributed by atoms with Crippen LogP contribution < -0.4 is 5.32 Å². The first-order chi connectivity index (χ1) is 11.6. The van der Waals surface area contributed by atoms with Crippen LogP contribution in [0.1, 0.15) is 24.0 Å². The second-order valence-electron chi connectivity index (χ2n) is 6.41. The van der Waals surface area contributed by atoms with E-state index in [0.717, 1.165) is 19.3 Å². The molecule has 1 aromatic heterocycles. The van der Waals surface area contributed by atoms with E-state index in [1.54, 1.807) is 18.3 Å². The molecule has 0 radical (unpaired) electrons. The number of benzene rings is 1. The molecule has 4 rings (SSSR count). The van der Waals surface area contributed by atoms with Gasteiger partial charge in [0.2, 0.25) is 10.0 Å². The molecule has 0 unspecified atom stereocenters. The van der Waals surface area contributed by atoms with Crippen molar-refractivity contribution in [2.24, 2.45) is 0 Å². The van der Waals surface area contributed by atoms with E-state index in [1.165, 1.54) is 21.9 Å². The molecule has 1 aromatic carbocycles. The van der Waals surface area contributed by atoms with E-state index in [9.17, 15) is 8.42 Å². The number of aryl methyl sites for hydroxylation is 2. The molecule has 2 aliphatic rings. The van der Waals surface area contributed by atoms with Gasteiger partial charge in [0.1, 0.15) is 5.82 Å². The fraction of sp³-hybridized carbons (Fsp3) is 0.412. The average Bonchev–Trinajstić information content (AvgIpc) is 2.58. The Hall–Kier alpha value is -1.99. The highest BCUT2D eigenvalue weighted by Crippen LogP contribution is 2.28. The molecule has 6 nitrogen and oxygen atoms in total. The average molecular weight is 344 g/mol. The van der Waals surface area contributed by atoms with E-state index < -0.39 is 10.0 Å². The van der Waals surface area contributed by atoms with Gasteiger partial charge in [-0.15, -0.1) is 5.10 Å². The molecule has 1 N–H and O–H groups in total. The highest BCUT2D eigenvalue weighted by atomic mass is 32.2. The van der Waals surface area contributed by atoms with E-state index in [0.29, 0.717) is 23.8 Å². The van der Waals surface area contributed by atoms with Crippen LogP contribution in [0.2, 0.25) is 0 Å². The first-order valence-electron chi connectivity index (χ1n) is 8.29. The Morgan fingerprint density at radius 1 is 1.08 bits per heavy atom. The lowest BCUT2D eigenvalue weighted by Crippen LogP contribution is -2.56. The molecule has 126 valence electrons. The van der Waals surface area contributed by atoms with Crippen molar-refractivity contribution in [1.82, 2.24) is 14.5 Å². The summed E-state index contributed by atoms with van der Waals surface area (Å²) in [6, 6.07) is 9.31. The second kappa shape index (κ2) is 6.14. The van der Waals surface area contributed by atoms with Gasteiger partial charge in [-0.2, -0.15) is 9.40 Å². The van der Waals surface area contributed by atoms with E-state index in [1.807, 2.05) is 18.2 Å². The number of rotatable bonds is 4. The summed E-state index contributed by atoms with van der Waals surface area (Å²) in [5.41, 5.74) is 2.49. The SMILES string of the molecule is O=S(=O)(c1ccc2c(c1)CCCC2)N1CC(Nc2cccnn2)C1. The van der Waals surface area contributed by atoms with Gasteiger partial charge >= 0.3 is 0 Å². The molecular formula is C17H20N4O2S. The molecule has 1 saturated heterocycles. The summed E-state index contributed by atoms with van der Waals surface area (Å²) in [7, 11) is -3.40. The fourth-order valence-corrected chi connectivity index (χ4v) is 4.91. The number of hydrogen-bond donors (Lipinski definition) is 1. The molecule has 0 saturated carbocycles. The standard InChI is InChI=1S/C17H20N4O2S/c22-24(23,16-8-7-13-4-1-2-5-14(13)10-16)21-11-15(12-21)19-17-6-3-9-18-20-17/h3,6-10,15H,1-2,4-5,11-12H2,(H,19,20). The zero-order valence-corrected chi connectivity index (χ0v) is 14.2. The molecule has 1 aliphatic carbocycles. The quantitative estimate of drug-likeness (QED) is 0.916. The molecular weight excluding hydrogens is 324 g/mol. The van der Waals surface area contributed by atoms with Crippen LogP contribution in [0.5, 0.6) is 0 Å². The van der Waals surface area contributed by atoms with Gasteiger partial charge in [-0.25, -0.2) is 8.42 Å². The normalized spacial score (nSPS) is 18.7. The highest BCUT2D eigenvalue weighted by Gasteiger charge is 2.37. The van der Waals surface area contributed by atoms with Crippen LogP contribution in [0.3, 0.4) is 0 Å². The maximum Gasteiger partial charge on any atom is 0.243 e. The Balaban J connectivity index is 1.45. The zero-order chi connectivity index (χ0) is 16.6. The molecule has 0 bridgehead atoms. The van der Waals surface area contributed by atoms with Crippen LogP contribution in [-0.4, -0.2) is 42.1 Å². The minimum atomic E-state index is -3.40. The van der Waals surface area contributed by atoms with E-state index in [4.69, 9.17) is 0 Å². The molecule has 7 heteroatoms. The molecule has 0 spiro atoms. The lowest BCUT2D eigenvalue weighted by atomic mass is 9.92. The van der Waals surface area contributed by atoms with Gasteiger partial charge in [-0.05, 0) is 61.1 Å². The molecule has 0 amide bonds. The Kier molecular flexibility index (Phi) is 3.97. The van der Waals surface area contributed by atoms with Crippen LogP contribution in [0.25, 0.3) is 0 Å². The third kappa shape index (κ3) is 2.89. The summed E-state index contributed by atoms with van der Waals surface area (Å²) in [4.78, 5) is 0.418. The van der Waals surface area contributed by atoms with Gasteiger partial charge in [0.25, 0.3) is 0 Å². The second-order valence-corrected chi connectivity index (χ2v) is 8.35. The Labute approximate surface area is 142 Å². The van der Waals surface area contributed by atoms with Crippen molar-refractivity contribution in [3.05, 3.63) is 47.7 Å². The number of sulfonamides is 1. The van der Waals surface area contributed by atoms with E-state index >= 15 is 0 Å². The van der Waals surface area contributed by atoms with E-state index in [2.05, 4.69) is 15.5 Å². The van der Waals surface area contributed by atoms with Gasteiger partial charge in [0, 0.05) is 19.3 Å². The van der Waals surface area contributed by atoms with Crippen molar-refractivity contribution in [2.75, 3.05) is 18.4 Å². The fourth-order valence-electron chi connectivity index (χ4n) is 3.33. The molecule has 0 atom stereocenters. The number of nitrogens with zero attached hydrogens (tertiary/aromatic N) is 3.